The second-order valence-corrected chi connectivity index (χ2v) is 9.70. The summed E-state index contributed by atoms with van der Waals surface area (Å²) in [6, 6.07) is 11.5. The van der Waals surface area contributed by atoms with E-state index < -0.39 is 6.10 Å². The fourth-order valence-electron chi connectivity index (χ4n) is 5.13. The molecule has 5 rings (SSSR count). The monoisotopic (exact) mass is 483 g/mol. The van der Waals surface area contributed by atoms with Crippen LogP contribution in [0.3, 0.4) is 0 Å². The molecule has 6 heteroatoms. The molecule has 5 nitrogen and oxygen atoms in total. The lowest BCUT2D eigenvalue weighted by Gasteiger charge is -2.43. The second kappa shape index (κ2) is 7.99. The van der Waals surface area contributed by atoms with Crippen LogP contribution in [-0.4, -0.2) is 16.6 Å². The summed E-state index contributed by atoms with van der Waals surface area (Å²) in [4.78, 5) is 12.9. The van der Waals surface area contributed by atoms with Crippen LogP contribution < -0.4 is 10.1 Å². The van der Waals surface area contributed by atoms with Gasteiger partial charge in [0.15, 0.2) is 5.76 Å². The van der Waals surface area contributed by atoms with Gasteiger partial charge in [0.05, 0.1) is 6.10 Å². The number of ether oxygens (including phenoxy) is 1. The number of rotatable bonds is 3. The third-order valence-corrected chi connectivity index (χ3v) is 7.13. The molecule has 1 atom stereocenters. The summed E-state index contributed by atoms with van der Waals surface area (Å²) >= 11 is 3.45. The lowest BCUT2D eigenvalue weighted by molar-refractivity contribution is -0.0373. The number of nitrogens with one attached hydrogen (secondary N) is 1. The minimum absolute atomic E-state index is 0.264. The van der Waals surface area contributed by atoms with Crippen LogP contribution in [0.15, 0.2) is 45.3 Å². The van der Waals surface area contributed by atoms with Crippen LogP contribution in [-0.2, 0) is 6.54 Å². The first-order valence-electron chi connectivity index (χ1n) is 10.9. The Bertz CT molecular complexity index is 1150. The summed E-state index contributed by atoms with van der Waals surface area (Å²) in [6.07, 6.45) is 5.43. The first-order chi connectivity index (χ1) is 15.0. The average Bonchev–Trinajstić information content (AvgIpc) is 3.09. The Morgan fingerprint density at radius 2 is 2.03 bits per heavy atom. The van der Waals surface area contributed by atoms with Crippen molar-refractivity contribution in [3.63, 3.8) is 0 Å². The molecule has 1 fully saturated rings. The molecular formula is C25H26BrNO4. The van der Waals surface area contributed by atoms with Crippen LogP contribution in [0.25, 0.3) is 11.0 Å². The summed E-state index contributed by atoms with van der Waals surface area (Å²) in [7, 11) is 0. The highest BCUT2D eigenvalue weighted by Crippen LogP contribution is 2.49. The topological polar surface area (TPSA) is 71.7 Å². The van der Waals surface area contributed by atoms with E-state index in [0.29, 0.717) is 18.5 Å². The standard InChI is InChI=1S/C25H26BrNO4/c1-15-21-19(30-23(15)24(29)27-14-16-6-5-7-17(26)12-16)8-9-20-22(21)18(28)13-25(31-20)10-3-2-4-11-25/h5-9,12,18,28H,2-4,10-11,13-14H2,1H3,(H,27,29). The van der Waals surface area contributed by atoms with Gasteiger partial charge in [-0.2, -0.15) is 0 Å². The molecule has 2 aliphatic rings. The summed E-state index contributed by atoms with van der Waals surface area (Å²) in [6.45, 7) is 2.28. The smallest absolute Gasteiger partial charge is 0.287 e. The van der Waals surface area contributed by atoms with Crippen molar-refractivity contribution in [2.75, 3.05) is 0 Å². The van der Waals surface area contributed by atoms with E-state index in [9.17, 15) is 9.90 Å². The molecule has 1 unspecified atom stereocenters. The molecule has 2 N–H and O–H groups in total. The lowest BCUT2D eigenvalue weighted by atomic mass is 9.77. The van der Waals surface area contributed by atoms with E-state index >= 15 is 0 Å². The van der Waals surface area contributed by atoms with Crippen molar-refractivity contribution in [1.29, 1.82) is 0 Å². The van der Waals surface area contributed by atoms with E-state index in [-0.39, 0.29) is 17.3 Å². The minimum atomic E-state index is -0.626. The molecule has 0 bridgehead atoms. The van der Waals surface area contributed by atoms with E-state index in [4.69, 9.17) is 9.15 Å². The van der Waals surface area contributed by atoms with Crippen molar-refractivity contribution in [2.45, 2.75) is 63.7 Å². The first-order valence-corrected chi connectivity index (χ1v) is 11.7. The summed E-state index contributed by atoms with van der Waals surface area (Å²) in [5.41, 5.74) is 2.82. The van der Waals surface area contributed by atoms with Crippen molar-refractivity contribution < 1.29 is 19.1 Å². The largest absolute Gasteiger partial charge is 0.487 e. The van der Waals surface area contributed by atoms with E-state index in [0.717, 1.165) is 58.0 Å². The Kier molecular flexibility index (Phi) is 5.30. The molecule has 31 heavy (non-hydrogen) atoms. The van der Waals surface area contributed by atoms with Crippen molar-refractivity contribution in [1.82, 2.24) is 5.32 Å². The van der Waals surface area contributed by atoms with Crippen LogP contribution in [0.2, 0.25) is 0 Å². The number of carbonyl (C=O) groups excluding carboxylic acids is 1. The van der Waals surface area contributed by atoms with E-state index in [1.807, 2.05) is 43.3 Å². The number of fused-ring (bicyclic) bond motifs is 3. The number of benzene rings is 2. The van der Waals surface area contributed by atoms with Gasteiger partial charge < -0.3 is 19.6 Å². The van der Waals surface area contributed by atoms with Gasteiger partial charge in [0.1, 0.15) is 16.9 Å². The molecule has 3 aromatic rings. The van der Waals surface area contributed by atoms with Gasteiger partial charge in [-0.3, -0.25) is 4.79 Å². The molecule has 1 saturated carbocycles. The Morgan fingerprint density at radius 3 is 2.81 bits per heavy atom. The summed E-state index contributed by atoms with van der Waals surface area (Å²) in [5.74, 6) is 0.735. The van der Waals surface area contributed by atoms with Crippen LogP contribution in [0.1, 0.15) is 71.9 Å². The molecule has 2 aromatic carbocycles. The molecule has 1 aromatic heterocycles. The van der Waals surface area contributed by atoms with Gasteiger partial charge in [0.25, 0.3) is 5.91 Å². The number of halogens is 1. The zero-order valence-corrected chi connectivity index (χ0v) is 19.1. The summed E-state index contributed by atoms with van der Waals surface area (Å²) < 4.78 is 13.4. The van der Waals surface area contributed by atoms with Gasteiger partial charge in [-0.05, 0) is 62.4 Å². The molecule has 162 valence electrons. The number of carbonyl (C=O) groups is 1. The zero-order valence-electron chi connectivity index (χ0n) is 17.5. The van der Waals surface area contributed by atoms with Crippen molar-refractivity contribution in [3.8, 4) is 5.75 Å². The molecular weight excluding hydrogens is 458 g/mol. The van der Waals surface area contributed by atoms with Crippen LogP contribution in [0.5, 0.6) is 5.75 Å². The Hall–Kier alpha value is -2.31. The maximum atomic E-state index is 12.9. The van der Waals surface area contributed by atoms with Crippen molar-refractivity contribution in [3.05, 3.63) is 63.3 Å². The highest BCUT2D eigenvalue weighted by atomic mass is 79.9. The van der Waals surface area contributed by atoms with Crippen LogP contribution >= 0.6 is 15.9 Å². The maximum Gasteiger partial charge on any atom is 0.287 e. The molecule has 1 amide bonds. The van der Waals surface area contributed by atoms with E-state index in [1.165, 1.54) is 6.42 Å². The highest BCUT2D eigenvalue weighted by molar-refractivity contribution is 9.10. The Morgan fingerprint density at radius 1 is 1.23 bits per heavy atom. The quantitative estimate of drug-likeness (QED) is 0.482. The molecule has 0 saturated heterocycles. The maximum absolute atomic E-state index is 12.9. The van der Waals surface area contributed by atoms with Crippen molar-refractivity contribution >= 4 is 32.8 Å². The Labute approximate surface area is 189 Å². The third-order valence-electron chi connectivity index (χ3n) is 6.63. The van der Waals surface area contributed by atoms with E-state index in [1.54, 1.807) is 0 Å². The lowest BCUT2D eigenvalue weighted by Crippen LogP contribution is -2.42. The van der Waals surface area contributed by atoms with Gasteiger partial charge in [-0.25, -0.2) is 0 Å². The predicted molar refractivity (Wildman–Crippen MR) is 122 cm³/mol. The molecule has 1 spiro atoms. The van der Waals surface area contributed by atoms with Gasteiger partial charge in [-0.15, -0.1) is 0 Å². The fourth-order valence-corrected chi connectivity index (χ4v) is 5.58. The first kappa shape index (κ1) is 20.6. The number of hydrogen-bond acceptors (Lipinski definition) is 4. The van der Waals surface area contributed by atoms with Gasteiger partial charge in [0, 0.05) is 34.0 Å². The second-order valence-electron chi connectivity index (χ2n) is 8.78. The van der Waals surface area contributed by atoms with Gasteiger partial charge >= 0.3 is 0 Å². The Balaban J connectivity index is 1.45. The number of hydrogen-bond donors (Lipinski definition) is 2. The van der Waals surface area contributed by atoms with Crippen LogP contribution in [0.4, 0.5) is 0 Å². The molecule has 0 radical (unpaired) electrons. The number of amides is 1. The summed E-state index contributed by atoms with van der Waals surface area (Å²) in [5, 5.41) is 14.8. The number of furan rings is 1. The average molecular weight is 484 g/mol. The van der Waals surface area contributed by atoms with Gasteiger partial charge in [-0.1, -0.05) is 34.5 Å². The SMILES string of the molecule is Cc1c(C(=O)NCc2cccc(Br)c2)oc2ccc3c(c12)C(O)CC1(CCCCC1)O3. The molecule has 1 aliphatic heterocycles. The number of aliphatic hydroxyl groups excluding tert-OH is 1. The molecule has 2 heterocycles. The predicted octanol–water partition coefficient (Wildman–Crippen LogP) is 5.95. The van der Waals surface area contributed by atoms with Crippen molar-refractivity contribution in [2.24, 2.45) is 0 Å². The third kappa shape index (κ3) is 3.76. The fraction of sp³-hybridized carbons (Fsp3) is 0.400. The molecule has 1 aliphatic carbocycles. The minimum Gasteiger partial charge on any atom is -0.487 e. The normalized spacial score (nSPS) is 19.8. The highest BCUT2D eigenvalue weighted by Gasteiger charge is 2.42. The van der Waals surface area contributed by atoms with Gasteiger partial charge in [0.2, 0.25) is 0 Å². The number of aliphatic hydroxyl groups is 1. The zero-order chi connectivity index (χ0) is 21.6. The van der Waals surface area contributed by atoms with E-state index in [2.05, 4.69) is 21.2 Å². The number of aryl methyl sites for hydroxylation is 1. The van der Waals surface area contributed by atoms with Crippen LogP contribution in [0, 0.1) is 6.92 Å².